The van der Waals surface area contributed by atoms with Gasteiger partial charge in [-0.2, -0.15) is 0 Å². The maximum absolute atomic E-state index is 8.84. The summed E-state index contributed by atoms with van der Waals surface area (Å²) >= 11 is 3.47. The summed E-state index contributed by atoms with van der Waals surface area (Å²) in [4.78, 5) is 0. The average molecular weight is 326 g/mol. The summed E-state index contributed by atoms with van der Waals surface area (Å²) in [6.45, 7) is 4.48. The molecule has 1 heterocycles. The Balaban J connectivity index is 2.06. The molecule has 2 aromatic rings. The largest absolute Gasteiger partial charge is 0.459 e. The molecule has 4 heteroatoms. The predicted octanol–water partition coefficient (Wildman–Crippen LogP) is 4.01. The number of fused-ring (bicyclic) bond motifs is 1. The zero-order valence-corrected chi connectivity index (χ0v) is 12.9. The summed E-state index contributed by atoms with van der Waals surface area (Å²) in [7, 11) is 0. The standard InChI is InChI=1S/C15H20BrNO2/c1-10(4-3-7-18)17-11(2)15-9-12-8-13(16)5-6-14(12)19-15/h5-6,8-11,17-18H,3-4,7H2,1-2H3. The van der Waals surface area contributed by atoms with Gasteiger partial charge in [-0.1, -0.05) is 15.9 Å². The van der Waals surface area contributed by atoms with Crippen molar-refractivity contribution in [1.82, 2.24) is 5.32 Å². The maximum atomic E-state index is 8.84. The van der Waals surface area contributed by atoms with Gasteiger partial charge in [-0.25, -0.2) is 0 Å². The lowest BCUT2D eigenvalue weighted by Crippen LogP contribution is -2.28. The zero-order chi connectivity index (χ0) is 13.8. The Labute approximate surface area is 122 Å². The molecule has 0 radical (unpaired) electrons. The van der Waals surface area contributed by atoms with E-state index in [9.17, 15) is 0 Å². The third-order valence-electron chi connectivity index (χ3n) is 3.25. The topological polar surface area (TPSA) is 45.4 Å². The van der Waals surface area contributed by atoms with Crippen LogP contribution in [0.2, 0.25) is 0 Å². The first kappa shape index (κ1) is 14.6. The van der Waals surface area contributed by atoms with E-state index < -0.39 is 0 Å². The first-order valence-corrected chi connectivity index (χ1v) is 7.45. The fraction of sp³-hybridized carbons (Fsp3) is 0.467. The third kappa shape index (κ3) is 3.81. The lowest BCUT2D eigenvalue weighted by molar-refractivity contribution is 0.273. The fourth-order valence-electron chi connectivity index (χ4n) is 2.24. The van der Waals surface area contributed by atoms with Crippen molar-refractivity contribution in [2.24, 2.45) is 0 Å². The molecular formula is C15H20BrNO2. The van der Waals surface area contributed by atoms with Crippen molar-refractivity contribution in [3.63, 3.8) is 0 Å². The van der Waals surface area contributed by atoms with Gasteiger partial charge >= 0.3 is 0 Å². The van der Waals surface area contributed by atoms with Crippen LogP contribution in [-0.2, 0) is 0 Å². The number of halogens is 1. The number of hydrogen-bond donors (Lipinski definition) is 2. The zero-order valence-electron chi connectivity index (χ0n) is 11.3. The van der Waals surface area contributed by atoms with Crippen molar-refractivity contribution in [3.8, 4) is 0 Å². The summed E-state index contributed by atoms with van der Waals surface area (Å²) in [5.41, 5.74) is 0.912. The van der Waals surface area contributed by atoms with Gasteiger partial charge in [0.2, 0.25) is 0 Å². The van der Waals surface area contributed by atoms with Crippen LogP contribution in [0.15, 0.2) is 33.2 Å². The van der Waals surface area contributed by atoms with E-state index in [4.69, 9.17) is 9.52 Å². The lowest BCUT2D eigenvalue weighted by Gasteiger charge is -2.17. The molecule has 0 bridgehead atoms. The second-order valence-electron chi connectivity index (χ2n) is 4.99. The first-order valence-electron chi connectivity index (χ1n) is 6.66. The normalized spacial score (nSPS) is 14.7. The molecule has 19 heavy (non-hydrogen) atoms. The first-order chi connectivity index (χ1) is 9.10. The van der Waals surface area contributed by atoms with Crippen LogP contribution in [0.25, 0.3) is 11.0 Å². The average Bonchev–Trinajstić information content (AvgIpc) is 2.79. The smallest absolute Gasteiger partial charge is 0.134 e. The van der Waals surface area contributed by atoms with E-state index in [-0.39, 0.29) is 12.6 Å². The molecule has 2 atom stereocenters. The van der Waals surface area contributed by atoms with Crippen molar-refractivity contribution < 1.29 is 9.52 Å². The van der Waals surface area contributed by atoms with Crippen LogP contribution < -0.4 is 5.32 Å². The van der Waals surface area contributed by atoms with Crippen LogP contribution >= 0.6 is 15.9 Å². The minimum Gasteiger partial charge on any atom is -0.459 e. The maximum Gasteiger partial charge on any atom is 0.134 e. The van der Waals surface area contributed by atoms with Gasteiger partial charge in [-0.05, 0) is 51.0 Å². The number of furan rings is 1. The van der Waals surface area contributed by atoms with E-state index in [0.29, 0.717) is 6.04 Å². The molecule has 0 spiro atoms. The number of aliphatic hydroxyl groups excluding tert-OH is 1. The van der Waals surface area contributed by atoms with Crippen LogP contribution in [0.5, 0.6) is 0 Å². The number of nitrogens with one attached hydrogen (secondary N) is 1. The monoisotopic (exact) mass is 325 g/mol. The fourth-order valence-corrected chi connectivity index (χ4v) is 2.62. The molecule has 0 saturated carbocycles. The predicted molar refractivity (Wildman–Crippen MR) is 81.2 cm³/mol. The van der Waals surface area contributed by atoms with Gasteiger partial charge < -0.3 is 14.8 Å². The van der Waals surface area contributed by atoms with Crippen LogP contribution in [0.3, 0.4) is 0 Å². The van der Waals surface area contributed by atoms with E-state index in [1.54, 1.807) is 0 Å². The molecule has 104 valence electrons. The summed E-state index contributed by atoms with van der Waals surface area (Å²) in [6, 6.07) is 8.63. The van der Waals surface area contributed by atoms with E-state index in [1.165, 1.54) is 0 Å². The number of rotatable bonds is 6. The Bertz CT molecular complexity index is 538. The van der Waals surface area contributed by atoms with Crippen LogP contribution in [0.4, 0.5) is 0 Å². The number of aliphatic hydroxyl groups is 1. The molecule has 1 aromatic heterocycles. The minimum atomic E-state index is 0.167. The Hall–Kier alpha value is -0.840. The second-order valence-corrected chi connectivity index (χ2v) is 5.90. The molecule has 2 rings (SSSR count). The van der Waals surface area contributed by atoms with Crippen molar-refractivity contribution in [2.45, 2.75) is 38.8 Å². The van der Waals surface area contributed by atoms with Gasteiger partial charge in [0, 0.05) is 22.5 Å². The molecule has 2 N–H and O–H groups in total. The minimum absolute atomic E-state index is 0.167. The van der Waals surface area contributed by atoms with Gasteiger partial charge in [0.25, 0.3) is 0 Å². The summed E-state index contributed by atoms with van der Waals surface area (Å²) in [6.07, 6.45) is 1.79. The van der Waals surface area contributed by atoms with Crippen molar-refractivity contribution >= 4 is 26.9 Å². The molecule has 0 amide bonds. The highest BCUT2D eigenvalue weighted by Gasteiger charge is 2.13. The molecule has 0 aliphatic heterocycles. The van der Waals surface area contributed by atoms with Crippen LogP contribution in [0, 0.1) is 0 Å². The molecule has 0 aliphatic rings. The molecule has 1 aromatic carbocycles. The van der Waals surface area contributed by atoms with Crippen molar-refractivity contribution in [1.29, 1.82) is 0 Å². The summed E-state index contributed by atoms with van der Waals surface area (Å²) in [5.74, 6) is 0.948. The van der Waals surface area contributed by atoms with Gasteiger partial charge in [-0.15, -0.1) is 0 Å². The highest BCUT2D eigenvalue weighted by Crippen LogP contribution is 2.26. The Kier molecular flexibility index (Phi) is 5.02. The number of hydrogen-bond acceptors (Lipinski definition) is 3. The van der Waals surface area contributed by atoms with E-state index in [0.717, 1.165) is 34.0 Å². The van der Waals surface area contributed by atoms with Crippen molar-refractivity contribution in [3.05, 3.63) is 34.5 Å². The Morgan fingerprint density at radius 3 is 2.84 bits per heavy atom. The summed E-state index contributed by atoms with van der Waals surface area (Å²) in [5, 5.41) is 13.4. The molecule has 2 unspecified atom stereocenters. The highest BCUT2D eigenvalue weighted by atomic mass is 79.9. The van der Waals surface area contributed by atoms with Gasteiger partial charge in [0.05, 0.1) is 6.04 Å². The van der Waals surface area contributed by atoms with E-state index in [1.807, 2.05) is 12.1 Å². The molecule has 0 fully saturated rings. The molecule has 3 nitrogen and oxygen atoms in total. The third-order valence-corrected chi connectivity index (χ3v) is 3.75. The van der Waals surface area contributed by atoms with E-state index in [2.05, 4.69) is 47.2 Å². The SMILES string of the molecule is CC(CCCO)NC(C)c1cc2cc(Br)ccc2o1. The molecule has 0 aliphatic carbocycles. The molecular weight excluding hydrogens is 306 g/mol. The van der Waals surface area contributed by atoms with E-state index >= 15 is 0 Å². The summed E-state index contributed by atoms with van der Waals surface area (Å²) < 4.78 is 6.92. The van der Waals surface area contributed by atoms with Crippen LogP contribution in [-0.4, -0.2) is 17.8 Å². The van der Waals surface area contributed by atoms with Gasteiger partial charge in [-0.3, -0.25) is 0 Å². The second kappa shape index (κ2) is 6.55. The highest BCUT2D eigenvalue weighted by molar-refractivity contribution is 9.10. The number of benzene rings is 1. The Morgan fingerprint density at radius 2 is 2.11 bits per heavy atom. The van der Waals surface area contributed by atoms with Gasteiger partial charge in [0.15, 0.2) is 0 Å². The van der Waals surface area contributed by atoms with Crippen molar-refractivity contribution in [2.75, 3.05) is 6.61 Å². The molecule has 0 saturated heterocycles. The Morgan fingerprint density at radius 1 is 1.32 bits per heavy atom. The van der Waals surface area contributed by atoms with Crippen LogP contribution in [0.1, 0.15) is 38.5 Å². The quantitative estimate of drug-likeness (QED) is 0.843. The lowest BCUT2D eigenvalue weighted by atomic mass is 10.1. The van der Waals surface area contributed by atoms with Gasteiger partial charge in [0.1, 0.15) is 11.3 Å².